The topological polar surface area (TPSA) is 32.7 Å². The summed E-state index contributed by atoms with van der Waals surface area (Å²) in [7, 11) is 1.69. The molecule has 0 aromatic heterocycles. The van der Waals surface area contributed by atoms with E-state index >= 15 is 0 Å². The number of hydrogen-bond donors (Lipinski definition) is 1. The predicted octanol–water partition coefficient (Wildman–Crippen LogP) is 2.55. The molecule has 1 heterocycles. The van der Waals surface area contributed by atoms with E-state index in [9.17, 15) is 0 Å². The van der Waals surface area contributed by atoms with E-state index in [1.54, 1.807) is 7.11 Å². The van der Waals surface area contributed by atoms with Gasteiger partial charge in [-0.15, -0.1) is 0 Å². The van der Waals surface area contributed by atoms with Crippen LogP contribution in [0.5, 0.6) is 5.75 Å². The molecule has 1 aliphatic rings. The second-order valence-corrected chi connectivity index (χ2v) is 5.29. The van der Waals surface area contributed by atoms with Crippen LogP contribution in [0.2, 0.25) is 5.02 Å². The summed E-state index contributed by atoms with van der Waals surface area (Å²) in [6.07, 6.45) is 2.08. The lowest BCUT2D eigenvalue weighted by molar-refractivity contribution is 0.248. The third-order valence-corrected chi connectivity index (χ3v) is 3.78. The van der Waals surface area contributed by atoms with Crippen LogP contribution in [0, 0.1) is 5.92 Å². The van der Waals surface area contributed by atoms with Gasteiger partial charge in [0.25, 0.3) is 0 Å². The van der Waals surface area contributed by atoms with Gasteiger partial charge in [-0.25, -0.2) is 0 Å². The maximum Gasteiger partial charge on any atom is 0.123 e. The van der Waals surface area contributed by atoms with Crippen molar-refractivity contribution in [3.63, 3.8) is 0 Å². The molecule has 1 fully saturated rings. The summed E-state index contributed by atoms with van der Waals surface area (Å²) in [5.41, 5.74) is 1.13. The fraction of sp³-hybridized carbons (Fsp3) is 0.571. The number of halogens is 1. The SMILES string of the molecule is COc1ccc(Cl)cc1CN1CCC(CCO)C1. The molecule has 0 saturated carbocycles. The second-order valence-electron chi connectivity index (χ2n) is 4.86. The molecule has 0 amide bonds. The van der Waals surface area contributed by atoms with Gasteiger partial charge < -0.3 is 9.84 Å². The third-order valence-electron chi connectivity index (χ3n) is 3.54. The maximum absolute atomic E-state index is 8.97. The first-order valence-corrected chi connectivity index (χ1v) is 6.76. The first-order chi connectivity index (χ1) is 8.72. The zero-order valence-corrected chi connectivity index (χ0v) is 11.5. The lowest BCUT2D eigenvalue weighted by Gasteiger charge is -2.18. The van der Waals surface area contributed by atoms with Crippen molar-refractivity contribution in [3.8, 4) is 5.75 Å². The van der Waals surface area contributed by atoms with Gasteiger partial charge in [-0.05, 0) is 43.5 Å². The van der Waals surface area contributed by atoms with Gasteiger partial charge in [0.15, 0.2) is 0 Å². The van der Waals surface area contributed by atoms with Crippen LogP contribution < -0.4 is 4.74 Å². The highest BCUT2D eigenvalue weighted by Gasteiger charge is 2.22. The first-order valence-electron chi connectivity index (χ1n) is 6.38. The Morgan fingerprint density at radius 2 is 2.33 bits per heavy atom. The second kappa shape index (κ2) is 6.41. The molecule has 1 unspecified atom stereocenters. The number of aliphatic hydroxyl groups is 1. The highest BCUT2D eigenvalue weighted by atomic mass is 35.5. The van der Waals surface area contributed by atoms with E-state index in [1.165, 1.54) is 6.42 Å². The Balaban J connectivity index is 1.99. The molecule has 1 atom stereocenters. The molecule has 1 aromatic rings. The Morgan fingerprint density at radius 1 is 1.50 bits per heavy atom. The monoisotopic (exact) mass is 269 g/mol. The molecule has 2 rings (SSSR count). The van der Waals surface area contributed by atoms with E-state index in [0.717, 1.165) is 42.4 Å². The zero-order valence-electron chi connectivity index (χ0n) is 10.7. The molecule has 0 aliphatic carbocycles. The lowest BCUT2D eigenvalue weighted by atomic mass is 10.1. The molecular formula is C14H20ClNO2. The fourth-order valence-electron chi connectivity index (χ4n) is 2.59. The molecule has 1 N–H and O–H groups in total. The summed E-state index contributed by atoms with van der Waals surface area (Å²) in [6.45, 7) is 3.29. The quantitative estimate of drug-likeness (QED) is 0.892. The third kappa shape index (κ3) is 3.37. The molecule has 1 aliphatic heterocycles. The molecule has 0 radical (unpaired) electrons. The van der Waals surface area contributed by atoms with E-state index in [1.807, 2.05) is 18.2 Å². The summed E-state index contributed by atoms with van der Waals surface area (Å²) in [5, 5.41) is 9.71. The van der Waals surface area contributed by atoms with Gasteiger partial charge in [0.1, 0.15) is 5.75 Å². The molecule has 0 bridgehead atoms. The van der Waals surface area contributed by atoms with Crippen molar-refractivity contribution in [2.45, 2.75) is 19.4 Å². The van der Waals surface area contributed by atoms with Crippen LogP contribution in [-0.2, 0) is 6.54 Å². The highest BCUT2D eigenvalue weighted by Crippen LogP contribution is 2.27. The lowest BCUT2D eigenvalue weighted by Crippen LogP contribution is -2.20. The largest absolute Gasteiger partial charge is 0.496 e. The summed E-state index contributed by atoms with van der Waals surface area (Å²) >= 11 is 6.03. The number of rotatable bonds is 5. The molecule has 4 heteroatoms. The molecule has 3 nitrogen and oxygen atoms in total. The van der Waals surface area contributed by atoms with Crippen molar-refractivity contribution in [3.05, 3.63) is 28.8 Å². The molecule has 1 saturated heterocycles. The van der Waals surface area contributed by atoms with Crippen molar-refractivity contribution < 1.29 is 9.84 Å². The van der Waals surface area contributed by atoms with E-state index < -0.39 is 0 Å². The van der Waals surface area contributed by atoms with E-state index in [2.05, 4.69) is 4.90 Å². The van der Waals surface area contributed by atoms with E-state index in [-0.39, 0.29) is 0 Å². The van der Waals surface area contributed by atoms with Gasteiger partial charge in [-0.3, -0.25) is 4.90 Å². The summed E-state index contributed by atoms with van der Waals surface area (Å²) in [6, 6.07) is 5.74. The van der Waals surface area contributed by atoms with Crippen LogP contribution in [-0.4, -0.2) is 36.8 Å². The predicted molar refractivity (Wildman–Crippen MR) is 73.1 cm³/mol. The number of nitrogens with zero attached hydrogens (tertiary/aromatic N) is 1. The smallest absolute Gasteiger partial charge is 0.123 e. The average molecular weight is 270 g/mol. The van der Waals surface area contributed by atoms with Gasteiger partial charge in [-0.2, -0.15) is 0 Å². The van der Waals surface area contributed by atoms with Gasteiger partial charge in [0.05, 0.1) is 7.11 Å². The van der Waals surface area contributed by atoms with E-state index in [4.69, 9.17) is 21.4 Å². The molecular weight excluding hydrogens is 250 g/mol. The van der Waals surface area contributed by atoms with Crippen molar-refractivity contribution in [1.29, 1.82) is 0 Å². The van der Waals surface area contributed by atoms with Crippen LogP contribution in [0.3, 0.4) is 0 Å². The summed E-state index contributed by atoms with van der Waals surface area (Å²) in [5.74, 6) is 1.52. The minimum Gasteiger partial charge on any atom is -0.496 e. The normalized spacial score (nSPS) is 20.3. The van der Waals surface area contributed by atoms with Gasteiger partial charge in [0, 0.05) is 30.3 Å². The molecule has 18 heavy (non-hydrogen) atoms. The standard InChI is InChI=1S/C14H20ClNO2/c1-18-14-3-2-13(15)8-12(14)10-16-6-4-11(9-16)5-7-17/h2-3,8,11,17H,4-7,9-10H2,1H3. The highest BCUT2D eigenvalue weighted by molar-refractivity contribution is 6.30. The number of aliphatic hydroxyl groups excluding tert-OH is 1. The van der Waals surface area contributed by atoms with Crippen LogP contribution in [0.15, 0.2) is 18.2 Å². The number of likely N-dealkylation sites (tertiary alicyclic amines) is 1. The van der Waals surface area contributed by atoms with Crippen molar-refractivity contribution >= 4 is 11.6 Å². The van der Waals surface area contributed by atoms with Gasteiger partial charge in [-0.1, -0.05) is 11.6 Å². The number of ether oxygens (including phenoxy) is 1. The fourth-order valence-corrected chi connectivity index (χ4v) is 2.78. The van der Waals surface area contributed by atoms with Crippen molar-refractivity contribution in [1.82, 2.24) is 4.90 Å². The van der Waals surface area contributed by atoms with Crippen LogP contribution >= 0.6 is 11.6 Å². The van der Waals surface area contributed by atoms with Gasteiger partial charge >= 0.3 is 0 Å². The van der Waals surface area contributed by atoms with Crippen molar-refractivity contribution in [2.24, 2.45) is 5.92 Å². The molecule has 100 valence electrons. The average Bonchev–Trinajstić information content (AvgIpc) is 2.77. The first kappa shape index (κ1) is 13.7. The zero-order chi connectivity index (χ0) is 13.0. The maximum atomic E-state index is 8.97. The minimum atomic E-state index is 0.291. The Hall–Kier alpha value is -0.770. The Bertz CT molecular complexity index is 397. The number of methoxy groups -OCH3 is 1. The van der Waals surface area contributed by atoms with Crippen molar-refractivity contribution in [2.75, 3.05) is 26.8 Å². The van der Waals surface area contributed by atoms with Crippen LogP contribution in [0.4, 0.5) is 0 Å². The van der Waals surface area contributed by atoms with Gasteiger partial charge in [0.2, 0.25) is 0 Å². The Labute approximate surface area is 113 Å². The van der Waals surface area contributed by atoms with Crippen LogP contribution in [0.25, 0.3) is 0 Å². The number of benzene rings is 1. The summed E-state index contributed by atoms with van der Waals surface area (Å²) < 4.78 is 5.36. The summed E-state index contributed by atoms with van der Waals surface area (Å²) in [4.78, 5) is 2.40. The van der Waals surface area contributed by atoms with E-state index in [0.29, 0.717) is 12.5 Å². The van der Waals surface area contributed by atoms with Crippen LogP contribution in [0.1, 0.15) is 18.4 Å². The Morgan fingerprint density at radius 3 is 3.06 bits per heavy atom. The Kier molecular flexibility index (Phi) is 4.87. The molecule has 1 aromatic carbocycles. The number of hydrogen-bond acceptors (Lipinski definition) is 3. The minimum absolute atomic E-state index is 0.291. The molecule has 0 spiro atoms.